The van der Waals surface area contributed by atoms with Crippen LogP contribution in [0.25, 0.3) is 117 Å². The van der Waals surface area contributed by atoms with Gasteiger partial charge in [-0.05, 0) is 98.0 Å². The molecule has 2 heterocycles. The largest absolute Gasteiger partial charge is 0.456 e. The molecule has 0 bridgehead atoms. The van der Waals surface area contributed by atoms with Crippen LogP contribution in [0.5, 0.6) is 0 Å². The molecule has 0 saturated heterocycles. The summed E-state index contributed by atoms with van der Waals surface area (Å²) in [7, 11) is 0. The van der Waals surface area contributed by atoms with Crippen molar-refractivity contribution < 1.29 is 4.42 Å². The molecule has 3 nitrogen and oxygen atoms in total. The molecule has 0 spiro atoms. The molecular weight excluding hydrogens is 741 g/mol. The Balaban J connectivity index is 1.01. The fraction of sp³-hybridized carbons (Fsp3) is 0.0345. The lowest BCUT2D eigenvalue weighted by molar-refractivity contribution is 0.596. The highest BCUT2D eigenvalue weighted by Gasteiger charge is 2.19. The van der Waals surface area contributed by atoms with E-state index in [-0.39, 0.29) is 0 Å². The summed E-state index contributed by atoms with van der Waals surface area (Å²) in [6.07, 6.45) is 8.30. The SMILES string of the molecule is C1=Cc2oc3c(-c4cccc(-c5cnc6c7cc(-c8ccc(-c9ccccc9)cc8)ccc7c7ccc(-c8ccc(-c9ccccc9)cc8)cc7c6n5)c4)cccc3c2CC1. The van der Waals surface area contributed by atoms with E-state index in [2.05, 4.69) is 200 Å². The van der Waals surface area contributed by atoms with Gasteiger partial charge in [0.05, 0.1) is 22.9 Å². The van der Waals surface area contributed by atoms with Crippen LogP contribution >= 0.6 is 0 Å². The van der Waals surface area contributed by atoms with Crippen LogP contribution in [0.3, 0.4) is 0 Å². The summed E-state index contributed by atoms with van der Waals surface area (Å²) >= 11 is 0. The molecule has 1 aliphatic rings. The highest BCUT2D eigenvalue weighted by molar-refractivity contribution is 6.24. The molecule has 286 valence electrons. The van der Waals surface area contributed by atoms with Crippen LogP contribution in [0.15, 0.2) is 205 Å². The van der Waals surface area contributed by atoms with Crippen molar-refractivity contribution in [1.82, 2.24) is 9.97 Å². The number of para-hydroxylation sites is 1. The molecule has 0 aliphatic heterocycles. The summed E-state index contributed by atoms with van der Waals surface area (Å²) in [5.41, 5.74) is 17.4. The number of rotatable bonds is 6. The zero-order chi connectivity index (χ0) is 40.3. The van der Waals surface area contributed by atoms with E-state index in [4.69, 9.17) is 14.4 Å². The van der Waals surface area contributed by atoms with Crippen LogP contribution in [-0.2, 0) is 6.42 Å². The molecule has 9 aromatic carbocycles. The van der Waals surface area contributed by atoms with E-state index in [1.165, 1.54) is 33.2 Å². The van der Waals surface area contributed by atoms with E-state index in [0.29, 0.717) is 0 Å². The van der Waals surface area contributed by atoms with Gasteiger partial charge < -0.3 is 4.42 Å². The Kier molecular flexibility index (Phi) is 8.31. The van der Waals surface area contributed by atoms with E-state index in [1.54, 1.807) is 0 Å². The van der Waals surface area contributed by atoms with Crippen molar-refractivity contribution in [3.8, 4) is 66.9 Å². The van der Waals surface area contributed by atoms with E-state index in [0.717, 1.165) is 101 Å². The number of nitrogens with zero attached hydrogens (tertiary/aromatic N) is 2. The summed E-state index contributed by atoms with van der Waals surface area (Å²) in [6.45, 7) is 0. The minimum atomic E-state index is 0.828. The normalized spacial score (nSPS) is 12.4. The van der Waals surface area contributed by atoms with Crippen LogP contribution in [0.4, 0.5) is 0 Å². The zero-order valence-corrected chi connectivity index (χ0v) is 33.3. The number of allylic oxidation sites excluding steroid dienone is 1. The van der Waals surface area contributed by atoms with Crippen LogP contribution in [-0.4, -0.2) is 9.97 Å². The number of furan rings is 1. The van der Waals surface area contributed by atoms with Gasteiger partial charge in [-0.3, -0.25) is 4.98 Å². The number of benzene rings is 9. The molecule has 0 unspecified atom stereocenters. The molecule has 2 aromatic heterocycles. The second-order valence-electron chi connectivity index (χ2n) is 16.0. The Morgan fingerprint density at radius 2 is 0.918 bits per heavy atom. The Hall–Kier alpha value is -7.88. The van der Waals surface area contributed by atoms with Gasteiger partial charge >= 0.3 is 0 Å². The standard InChI is InChI=1S/C58H38N2O/c1-3-11-37(12-4-1)39-21-25-41(26-22-39)43-29-31-48-49-32-30-44(42-27-23-40(24-28-42)38-13-5-2-6-14-38)35-53(49)57-56(52(48)34-43)59-36-54(60-57)46-16-9-15-45(33-46)47-18-10-19-51-50-17-7-8-20-55(50)61-58(47)51/h1-6,8-16,18-36H,7,17H2. The van der Waals surface area contributed by atoms with Gasteiger partial charge in [0.1, 0.15) is 11.3 Å². The monoisotopic (exact) mass is 778 g/mol. The van der Waals surface area contributed by atoms with Gasteiger partial charge in [0.2, 0.25) is 0 Å². The first kappa shape index (κ1) is 35.1. The Morgan fingerprint density at radius 3 is 1.56 bits per heavy atom. The average Bonchev–Trinajstić information content (AvgIpc) is 3.73. The predicted molar refractivity (Wildman–Crippen MR) is 254 cm³/mol. The van der Waals surface area contributed by atoms with E-state index >= 15 is 0 Å². The van der Waals surface area contributed by atoms with Gasteiger partial charge in [-0.1, -0.05) is 176 Å². The number of aryl methyl sites for hydroxylation is 1. The van der Waals surface area contributed by atoms with E-state index in [9.17, 15) is 0 Å². The topological polar surface area (TPSA) is 38.9 Å². The van der Waals surface area contributed by atoms with Crippen LogP contribution < -0.4 is 0 Å². The minimum absolute atomic E-state index is 0.828. The van der Waals surface area contributed by atoms with Crippen molar-refractivity contribution >= 4 is 49.6 Å². The third-order valence-electron chi connectivity index (χ3n) is 12.4. The van der Waals surface area contributed by atoms with Crippen molar-refractivity contribution in [2.75, 3.05) is 0 Å². The molecule has 1 aliphatic carbocycles. The van der Waals surface area contributed by atoms with E-state index in [1.807, 2.05) is 6.20 Å². The average molecular weight is 779 g/mol. The second kappa shape index (κ2) is 14.4. The van der Waals surface area contributed by atoms with Gasteiger partial charge in [0, 0.05) is 32.8 Å². The van der Waals surface area contributed by atoms with Gasteiger partial charge in [0.25, 0.3) is 0 Å². The highest BCUT2D eigenvalue weighted by atomic mass is 16.3. The molecule has 0 amide bonds. The Labute approximate surface area is 353 Å². The summed E-state index contributed by atoms with van der Waals surface area (Å²) in [4.78, 5) is 10.8. The maximum absolute atomic E-state index is 6.50. The van der Waals surface area contributed by atoms with Gasteiger partial charge in [-0.25, -0.2) is 4.98 Å². The third kappa shape index (κ3) is 6.13. The zero-order valence-electron chi connectivity index (χ0n) is 33.3. The molecule has 0 saturated carbocycles. The fourth-order valence-electron chi connectivity index (χ4n) is 9.27. The number of aromatic nitrogens is 2. The Bertz CT molecular complexity index is 3490. The summed E-state index contributed by atoms with van der Waals surface area (Å²) in [5.74, 6) is 0.975. The van der Waals surface area contributed by atoms with Crippen molar-refractivity contribution in [2.45, 2.75) is 12.8 Å². The van der Waals surface area contributed by atoms with Crippen LogP contribution in [0.1, 0.15) is 17.7 Å². The Morgan fingerprint density at radius 1 is 0.393 bits per heavy atom. The van der Waals surface area contributed by atoms with Crippen molar-refractivity contribution in [1.29, 1.82) is 0 Å². The first-order valence-electron chi connectivity index (χ1n) is 21.0. The molecule has 3 heteroatoms. The highest BCUT2D eigenvalue weighted by Crippen LogP contribution is 2.41. The van der Waals surface area contributed by atoms with Crippen molar-refractivity contribution in [2.24, 2.45) is 0 Å². The number of hydrogen-bond acceptors (Lipinski definition) is 3. The summed E-state index contributed by atoms with van der Waals surface area (Å²) in [6, 6.07) is 67.5. The smallest absolute Gasteiger partial charge is 0.142 e. The van der Waals surface area contributed by atoms with Crippen LogP contribution in [0, 0.1) is 0 Å². The lowest BCUT2D eigenvalue weighted by Gasteiger charge is -2.14. The lowest BCUT2D eigenvalue weighted by Crippen LogP contribution is -1.94. The lowest BCUT2D eigenvalue weighted by atomic mass is 9.92. The van der Waals surface area contributed by atoms with Gasteiger partial charge in [-0.15, -0.1) is 0 Å². The summed E-state index contributed by atoms with van der Waals surface area (Å²) < 4.78 is 6.50. The molecule has 0 atom stereocenters. The quantitative estimate of drug-likeness (QED) is 0.158. The summed E-state index contributed by atoms with van der Waals surface area (Å²) in [5, 5.41) is 5.68. The number of hydrogen-bond donors (Lipinski definition) is 0. The van der Waals surface area contributed by atoms with Gasteiger partial charge in [-0.2, -0.15) is 0 Å². The fourth-order valence-corrected chi connectivity index (χ4v) is 9.27. The first-order valence-corrected chi connectivity index (χ1v) is 21.0. The molecule has 0 N–H and O–H groups in total. The minimum Gasteiger partial charge on any atom is -0.456 e. The maximum Gasteiger partial charge on any atom is 0.142 e. The first-order chi connectivity index (χ1) is 30.2. The molecule has 61 heavy (non-hydrogen) atoms. The molecular formula is C58H38N2O. The van der Waals surface area contributed by atoms with Gasteiger partial charge in [0.15, 0.2) is 0 Å². The van der Waals surface area contributed by atoms with Crippen molar-refractivity contribution in [3.63, 3.8) is 0 Å². The molecule has 0 fully saturated rings. The van der Waals surface area contributed by atoms with Crippen molar-refractivity contribution in [3.05, 3.63) is 212 Å². The molecule has 12 rings (SSSR count). The van der Waals surface area contributed by atoms with E-state index < -0.39 is 0 Å². The predicted octanol–water partition coefficient (Wildman–Crippen LogP) is 15.6. The number of fused-ring (bicyclic) bond motifs is 9. The third-order valence-corrected chi connectivity index (χ3v) is 12.4. The second-order valence-corrected chi connectivity index (χ2v) is 16.0. The molecule has 11 aromatic rings. The van der Waals surface area contributed by atoms with Crippen LogP contribution in [0.2, 0.25) is 0 Å². The molecule has 0 radical (unpaired) electrons. The maximum atomic E-state index is 6.50.